The van der Waals surface area contributed by atoms with E-state index in [-0.39, 0.29) is 17.0 Å². The average Bonchev–Trinajstić information content (AvgIpc) is 2.80. The second kappa shape index (κ2) is 6.18. The lowest BCUT2D eigenvalue weighted by atomic mass is 9.92. The van der Waals surface area contributed by atoms with Crippen LogP contribution in [0, 0.1) is 5.92 Å². The molecule has 0 aliphatic carbocycles. The predicted octanol–water partition coefficient (Wildman–Crippen LogP) is 0.910. The third kappa shape index (κ3) is 2.75. The summed E-state index contributed by atoms with van der Waals surface area (Å²) in [6, 6.07) is 5.84. The van der Waals surface area contributed by atoms with Gasteiger partial charge in [-0.05, 0) is 6.92 Å². The number of aryl methyl sites for hydroxylation is 1. The number of aliphatic carboxylic acids is 1. The molecule has 1 amide bonds. The molecule has 1 saturated heterocycles. The number of aliphatic hydroxyl groups is 1. The number of carboxylic acid groups (broad SMARTS) is 1. The molecule has 0 unspecified atom stereocenters. The predicted molar refractivity (Wildman–Crippen MR) is 87.0 cm³/mol. The van der Waals surface area contributed by atoms with Gasteiger partial charge in [0.05, 0.1) is 22.0 Å². The molecule has 23 heavy (non-hydrogen) atoms. The van der Waals surface area contributed by atoms with Gasteiger partial charge in [-0.25, -0.2) is 9.36 Å². The van der Waals surface area contributed by atoms with Crippen LogP contribution in [0.25, 0.3) is 0 Å². The molecule has 8 heteroatoms. The number of thioether (sulfide) groups is 2. The minimum atomic E-state index is -1.10. The maximum Gasteiger partial charge on any atom is 0.354 e. The van der Waals surface area contributed by atoms with Crippen molar-refractivity contribution >= 4 is 35.4 Å². The molecule has 1 aromatic rings. The Balaban J connectivity index is 1.80. The molecule has 3 rings (SSSR count). The first-order valence-corrected chi connectivity index (χ1v) is 9.00. The molecule has 6 nitrogen and oxygen atoms in total. The Morgan fingerprint density at radius 1 is 1.52 bits per heavy atom. The zero-order valence-corrected chi connectivity index (χ0v) is 14.3. The lowest BCUT2D eigenvalue weighted by Gasteiger charge is -2.43. The van der Waals surface area contributed by atoms with Gasteiger partial charge in [0.25, 0.3) is 0 Å². The van der Waals surface area contributed by atoms with E-state index >= 15 is 0 Å². The first-order valence-electron chi connectivity index (χ1n) is 7.13. The van der Waals surface area contributed by atoms with Crippen LogP contribution in [0.15, 0.2) is 34.3 Å². The molecule has 2 aliphatic heterocycles. The van der Waals surface area contributed by atoms with E-state index in [1.165, 1.54) is 28.4 Å². The van der Waals surface area contributed by atoms with E-state index in [0.717, 1.165) is 5.69 Å². The van der Waals surface area contributed by atoms with Crippen molar-refractivity contribution in [3.05, 3.63) is 40.0 Å². The van der Waals surface area contributed by atoms with Crippen molar-refractivity contribution in [2.24, 2.45) is 13.0 Å². The summed E-state index contributed by atoms with van der Waals surface area (Å²) in [5.74, 6) is -1.32. The molecule has 0 bridgehead atoms. The normalized spacial score (nSPS) is 24.5. The number of nitrogens with zero attached hydrogens (tertiary/aromatic N) is 2. The molecular formula is C15H17N2O4S2+. The largest absolute Gasteiger partial charge is 0.477 e. The number of carbonyl (C=O) groups is 2. The van der Waals surface area contributed by atoms with Gasteiger partial charge in [-0.15, -0.1) is 11.8 Å². The zero-order valence-electron chi connectivity index (χ0n) is 12.7. The summed E-state index contributed by atoms with van der Waals surface area (Å²) >= 11 is 2.78. The Bertz CT molecular complexity index is 704. The fourth-order valence-corrected chi connectivity index (χ4v) is 5.67. The van der Waals surface area contributed by atoms with Gasteiger partial charge in [-0.1, -0.05) is 17.8 Å². The highest BCUT2D eigenvalue weighted by molar-refractivity contribution is 8.22. The molecule has 122 valence electrons. The van der Waals surface area contributed by atoms with Gasteiger partial charge >= 0.3 is 5.97 Å². The number of hydrogen-bond donors (Lipinski definition) is 2. The van der Waals surface area contributed by atoms with E-state index in [1.807, 2.05) is 36.0 Å². The summed E-state index contributed by atoms with van der Waals surface area (Å²) in [7, 11) is 1.93. The first-order chi connectivity index (χ1) is 10.9. The summed E-state index contributed by atoms with van der Waals surface area (Å²) in [5.41, 5.74) is 1.11. The van der Waals surface area contributed by atoms with Crippen LogP contribution in [0.4, 0.5) is 0 Å². The van der Waals surface area contributed by atoms with E-state index in [9.17, 15) is 19.8 Å². The molecule has 0 radical (unpaired) electrons. The van der Waals surface area contributed by atoms with Crippen LogP contribution in [0.1, 0.15) is 12.6 Å². The maximum atomic E-state index is 12.1. The van der Waals surface area contributed by atoms with E-state index in [2.05, 4.69) is 0 Å². The molecular weight excluding hydrogens is 336 g/mol. The van der Waals surface area contributed by atoms with Gasteiger partial charge in [-0.2, -0.15) is 0 Å². The Morgan fingerprint density at radius 2 is 2.26 bits per heavy atom. The number of amides is 1. The van der Waals surface area contributed by atoms with E-state index in [0.29, 0.717) is 9.99 Å². The molecule has 3 atom stereocenters. The van der Waals surface area contributed by atoms with E-state index in [1.54, 1.807) is 6.92 Å². The number of aromatic nitrogens is 1. The van der Waals surface area contributed by atoms with Gasteiger partial charge in [0.2, 0.25) is 5.91 Å². The summed E-state index contributed by atoms with van der Waals surface area (Å²) in [6.07, 6.45) is 1.16. The Morgan fingerprint density at radius 3 is 2.87 bits per heavy atom. The van der Waals surface area contributed by atoms with Crippen LogP contribution in [0.2, 0.25) is 0 Å². The Labute approximate surface area is 142 Å². The highest BCUT2D eigenvalue weighted by Gasteiger charge is 2.57. The molecule has 2 aliphatic rings. The van der Waals surface area contributed by atoms with Crippen LogP contribution < -0.4 is 4.57 Å². The average molecular weight is 353 g/mol. The highest BCUT2D eigenvalue weighted by atomic mass is 32.2. The minimum Gasteiger partial charge on any atom is -0.477 e. The number of pyridine rings is 1. The number of carbonyl (C=O) groups excluding carboxylic acids is 1. The monoisotopic (exact) mass is 353 g/mol. The number of aliphatic hydroxyl groups excluding tert-OH is 1. The van der Waals surface area contributed by atoms with Gasteiger partial charge in [0, 0.05) is 12.1 Å². The van der Waals surface area contributed by atoms with Crippen LogP contribution in [-0.2, 0) is 22.4 Å². The number of β-lactam (4-membered cyclic amide) rings is 1. The van der Waals surface area contributed by atoms with Crippen LogP contribution in [-0.4, -0.2) is 38.5 Å². The van der Waals surface area contributed by atoms with Gasteiger partial charge in [0.15, 0.2) is 17.6 Å². The lowest BCUT2D eigenvalue weighted by molar-refractivity contribution is -0.678. The third-order valence-corrected chi connectivity index (χ3v) is 6.67. The highest BCUT2D eigenvalue weighted by Crippen LogP contribution is 2.54. The zero-order chi connectivity index (χ0) is 16.7. The van der Waals surface area contributed by atoms with Crippen LogP contribution in [0.3, 0.4) is 0 Å². The number of carboxylic acids is 1. The molecule has 2 N–H and O–H groups in total. The first kappa shape index (κ1) is 16.4. The van der Waals surface area contributed by atoms with Crippen LogP contribution >= 0.6 is 23.5 Å². The van der Waals surface area contributed by atoms with E-state index < -0.39 is 18.0 Å². The quantitative estimate of drug-likeness (QED) is 0.605. The molecule has 3 heterocycles. The maximum absolute atomic E-state index is 12.1. The standard InChI is InChI=1S/C15H16N2O4S2/c1-8(18)10-12(19)17-11(14(20)21)15(23-13(10)17)22-7-9-5-3-4-6-16(9)2/h3-6,8,10,13,18H,7H2,1-2H3/p+1/t8-,10+,13-/m1/s1. The third-order valence-electron chi connectivity index (χ3n) is 3.98. The van der Waals surface area contributed by atoms with Crippen molar-refractivity contribution in [3.8, 4) is 0 Å². The lowest BCUT2D eigenvalue weighted by Crippen LogP contribution is -2.60. The Hall–Kier alpha value is -1.51. The molecule has 0 saturated carbocycles. The van der Waals surface area contributed by atoms with Gasteiger partial charge < -0.3 is 10.2 Å². The molecule has 1 aromatic heterocycles. The topological polar surface area (TPSA) is 81.7 Å². The second-order valence-corrected chi connectivity index (χ2v) is 7.89. The molecule has 0 spiro atoms. The summed E-state index contributed by atoms with van der Waals surface area (Å²) in [5, 5.41) is 18.9. The summed E-state index contributed by atoms with van der Waals surface area (Å²) < 4.78 is 2.61. The van der Waals surface area contributed by atoms with Gasteiger partial charge in [-0.3, -0.25) is 9.69 Å². The molecule has 0 aromatic carbocycles. The van der Waals surface area contributed by atoms with Crippen molar-refractivity contribution in [1.82, 2.24) is 4.90 Å². The second-order valence-electron chi connectivity index (χ2n) is 5.52. The number of hydrogen-bond acceptors (Lipinski definition) is 5. The number of fused-ring (bicyclic) bond motifs is 1. The SMILES string of the molecule is C[C@@H](O)[C@H]1C(=O)N2C(C(=O)O)=C(SCc3cccc[n+]3C)S[C@H]12. The fourth-order valence-electron chi connectivity index (χ4n) is 2.70. The number of rotatable bonds is 5. The Kier molecular flexibility index (Phi) is 4.39. The van der Waals surface area contributed by atoms with Gasteiger partial charge in [0.1, 0.15) is 12.4 Å². The smallest absolute Gasteiger partial charge is 0.354 e. The fraction of sp³-hybridized carbons (Fsp3) is 0.400. The summed E-state index contributed by atoms with van der Waals surface area (Å²) in [4.78, 5) is 25.0. The van der Waals surface area contributed by atoms with Crippen molar-refractivity contribution < 1.29 is 24.4 Å². The van der Waals surface area contributed by atoms with E-state index in [4.69, 9.17) is 0 Å². The van der Waals surface area contributed by atoms with Crippen molar-refractivity contribution in [3.63, 3.8) is 0 Å². The molecule has 1 fully saturated rings. The van der Waals surface area contributed by atoms with Crippen LogP contribution in [0.5, 0.6) is 0 Å². The summed E-state index contributed by atoms with van der Waals surface area (Å²) in [6.45, 7) is 1.57. The van der Waals surface area contributed by atoms with Crippen molar-refractivity contribution in [2.45, 2.75) is 24.2 Å². The van der Waals surface area contributed by atoms with Crippen molar-refractivity contribution in [2.75, 3.05) is 0 Å². The van der Waals surface area contributed by atoms with Crippen molar-refractivity contribution in [1.29, 1.82) is 0 Å². The minimum absolute atomic E-state index is 0.0467.